The van der Waals surface area contributed by atoms with Crippen molar-refractivity contribution in [3.8, 4) is 5.75 Å². The van der Waals surface area contributed by atoms with Gasteiger partial charge in [0.1, 0.15) is 5.75 Å². The molecule has 1 aliphatic rings. The predicted octanol–water partition coefficient (Wildman–Crippen LogP) is 2.16. The van der Waals surface area contributed by atoms with Gasteiger partial charge < -0.3 is 9.64 Å². The maximum atomic E-state index is 12.2. The van der Waals surface area contributed by atoms with Gasteiger partial charge in [-0.2, -0.15) is 0 Å². The summed E-state index contributed by atoms with van der Waals surface area (Å²) >= 11 is 0. The average Bonchev–Trinajstić information content (AvgIpc) is 2.97. The Morgan fingerprint density at radius 3 is 2.58 bits per heavy atom. The molecule has 0 unspecified atom stereocenters. The molecule has 134 valence electrons. The number of nitrogens with zero attached hydrogens (tertiary/aromatic N) is 1. The lowest BCUT2D eigenvalue weighted by atomic mass is 10.3. The number of sulfonamides is 1. The highest BCUT2D eigenvalue weighted by molar-refractivity contribution is 7.89. The first-order valence-corrected chi connectivity index (χ1v) is 10.0. The van der Waals surface area contributed by atoms with Gasteiger partial charge in [0, 0.05) is 26.1 Å². The third-order valence-electron chi connectivity index (χ3n) is 3.97. The number of amides is 1. The van der Waals surface area contributed by atoms with Gasteiger partial charge in [-0.25, -0.2) is 13.1 Å². The van der Waals surface area contributed by atoms with Crippen molar-refractivity contribution in [2.24, 2.45) is 0 Å². The van der Waals surface area contributed by atoms with E-state index in [4.69, 9.17) is 4.74 Å². The van der Waals surface area contributed by atoms with Crippen LogP contribution < -0.4 is 9.46 Å². The Balaban J connectivity index is 1.78. The van der Waals surface area contributed by atoms with Gasteiger partial charge in [-0.05, 0) is 43.5 Å². The van der Waals surface area contributed by atoms with Crippen LogP contribution in [0.5, 0.6) is 5.75 Å². The number of carbonyl (C=O) groups excluding carboxylic acids is 1. The summed E-state index contributed by atoms with van der Waals surface area (Å²) in [6.07, 6.45) is 4.15. The Bertz CT molecular complexity index is 628. The average molecular weight is 354 g/mol. The summed E-state index contributed by atoms with van der Waals surface area (Å²) in [5, 5.41) is 0. The summed E-state index contributed by atoms with van der Waals surface area (Å²) in [6, 6.07) is 6.45. The van der Waals surface area contributed by atoms with E-state index in [0.717, 1.165) is 25.8 Å². The number of unbranched alkanes of at least 4 members (excludes halogenated alkanes) is 1. The molecule has 1 heterocycles. The molecule has 1 aliphatic heterocycles. The van der Waals surface area contributed by atoms with Gasteiger partial charge in [0.2, 0.25) is 15.9 Å². The second-order valence-electron chi connectivity index (χ2n) is 5.91. The third-order valence-corrected chi connectivity index (χ3v) is 5.45. The molecular weight excluding hydrogens is 328 g/mol. The topological polar surface area (TPSA) is 75.7 Å². The van der Waals surface area contributed by atoms with Crippen molar-refractivity contribution >= 4 is 15.9 Å². The summed E-state index contributed by atoms with van der Waals surface area (Å²) in [4.78, 5) is 13.5. The molecule has 0 saturated carbocycles. The van der Waals surface area contributed by atoms with E-state index < -0.39 is 10.0 Å². The first-order valence-electron chi connectivity index (χ1n) is 8.53. The summed E-state index contributed by atoms with van der Waals surface area (Å²) in [5.41, 5.74) is 0. The maximum absolute atomic E-state index is 12.2. The van der Waals surface area contributed by atoms with E-state index >= 15 is 0 Å². The van der Waals surface area contributed by atoms with Crippen LogP contribution in [0, 0.1) is 0 Å². The standard InChI is InChI=1S/C17H26N2O4S/c1-2-3-14-23-15-7-9-16(10-8-15)24(21,22)18-11-5-13-19-12-4-6-17(19)20/h7-10,18H,2-6,11-14H2,1H3. The SMILES string of the molecule is CCCCOc1ccc(S(=O)(=O)NCCCN2CCCC2=O)cc1. The van der Waals surface area contributed by atoms with Crippen molar-refractivity contribution in [2.75, 3.05) is 26.2 Å². The van der Waals surface area contributed by atoms with Gasteiger partial charge >= 0.3 is 0 Å². The fourth-order valence-electron chi connectivity index (χ4n) is 2.55. The van der Waals surface area contributed by atoms with Crippen molar-refractivity contribution in [3.63, 3.8) is 0 Å². The predicted molar refractivity (Wildman–Crippen MR) is 92.5 cm³/mol. The first kappa shape index (κ1) is 18.7. The summed E-state index contributed by atoms with van der Waals surface area (Å²) in [7, 11) is -3.52. The highest BCUT2D eigenvalue weighted by Crippen LogP contribution is 2.16. The zero-order valence-electron chi connectivity index (χ0n) is 14.2. The van der Waals surface area contributed by atoms with E-state index in [0.29, 0.717) is 38.3 Å². The number of benzene rings is 1. The van der Waals surface area contributed by atoms with Gasteiger partial charge in [0.05, 0.1) is 11.5 Å². The Morgan fingerprint density at radius 2 is 1.96 bits per heavy atom. The van der Waals surface area contributed by atoms with E-state index in [9.17, 15) is 13.2 Å². The van der Waals surface area contributed by atoms with E-state index in [2.05, 4.69) is 11.6 Å². The highest BCUT2D eigenvalue weighted by Gasteiger charge is 2.19. The second-order valence-corrected chi connectivity index (χ2v) is 7.68. The van der Waals surface area contributed by atoms with Crippen LogP contribution >= 0.6 is 0 Å². The van der Waals surface area contributed by atoms with Crippen LogP contribution in [0.15, 0.2) is 29.2 Å². The molecule has 0 radical (unpaired) electrons. The van der Waals surface area contributed by atoms with E-state index in [-0.39, 0.29) is 10.8 Å². The Morgan fingerprint density at radius 1 is 1.21 bits per heavy atom. The molecule has 0 aromatic heterocycles. The Labute approximate surface area is 144 Å². The molecule has 1 aromatic carbocycles. The summed E-state index contributed by atoms with van der Waals surface area (Å²) in [6.45, 7) is 4.43. The molecule has 1 N–H and O–H groups in total. The zero-order chi connectivity index (χ0) is 17.4. The maximum Gasteiger partial charge on any atom is 0.240 e. The molecular formula is C17H26N2O4S. The monoisotopic (exact) mass is 354 g/mol. The van der Waals surface area contributed by atoms with Crippen LogP contribution in [0.25, 0.3) is 0 Å². The molecule has 1 saturated heterocycles. The molecule has 0 bridgehead atoms. The van der Waals surface area contributed by atoms with E-state index in [1.807, 2.05) is 0 Å². The first-order chi connectivity index (χ1) is 11.5. The highest BCUT2D eigenvalue weighted by atomic mass is 32.2. The fraction of sp³-hybridized carbons (Fsp3) is 0.588. The van der Waals surface area contributed by atoms with Crippen LogP contribution in [-0.2, 0) is 14.8 Å². The molecule has 1 aromatic rings. The Hall–Kier alpha value is -1.60. The number of likely N-dealkylation sites (tertiary alicyclic amines) is 1. The van der Waals surface area contributed by atoms with Crippen molar-refractivity contribution in [3.05, 3.63) is 24.3 Å². The number of carbonyl (C=O) groups is 1. The second kappa shape index (κ2) is 9.03. The summed E-state index contributed by atoms with van der Waals surface area (Å²) in [5.74, 6) is 0.839. The van der Waals surface area contributed by atoms with Crippen LogP contribution in [0.2, 0.25) is 0 Å². The quantitative estimate of drug-likeness (QED) is 0.653. The van der Waals surface area contributed by atoms with Gasteiger partial charge in [0.25, 0.3) is 0 Å². The lowest BCUT2D eigenvalue weighted by Gasteiger charge is -2.15. The van der Waals surface area contributed by atoms with Crippen LogP contribution in [0.1, 0.15) is 39.0 Å². The minimum Gasteiger partial charge on any atom is -0.494 e. The zero-order valence-corrected chi connectivity index (χ0v) is 15.0. The summed E-state index contributed by atoms with van der Waals surface area (Å²) < 4.78 is 32.6. The lowest BCUT2D eigenvalue weighted by molar-refractivity contribution is -0.127. The van der Waals surface area contributed by atoms with Gasteiger partial charge in [0.15, 0.2) is 0 Å². The minimum atomic E-state index is -3.52. The molecule has 24 heavy (non-hydrogen) atoms. The molecule has 1 fully saturated rings. The number of nitrogens with one attached hydrogen (secondary N) is 1. The van der Waals surface area contributed by atoms with Crippen molar-refractivity contribution in [1.29, 1.82) is 0 Å². The smallest absolute Gasteiger partial charge is 0.240 e. The fourth-order valence-corrected chi connectivity index (χ4v) is 3.62. The lowest BCUT2D eigenvalue weighted by Crippen LogP contribution is -2.30. The van der Waals surface area contributed by atoms with Crippen LogP contribution in [0.3, 0.4) is 0 Å². The van der Waals surface area contributed by atoms with Crippen molar-refractivity contribution in [1.82, 2.24) is 9.62 Å². The molecule has 0 atom stereocenters. The minimum absolute atomic E-state index is 0.163. The molecule has 1 amide bonds. The normalized spacial score (nSPS) is 15.0. The van der Waals surface area contributed by atoms with Gasteiger partial charge in [-0.1, -0.05) is 13.3 Å². The van der Waals surface area contributed by atoms with Crippen molar-refractivity contribution in [2.45, 2.75) is 43.9 Å². The van der Waals surface area contributed by atoms with Gasteiger partial charge in [-0.15, -0.1) is 0 Å². The Kier molecular flexibility index (Phi) is 7.05. The molecule has 0 spiro atoms. The number of hydrogen-bond acceptors (Lipinski definition) is 4. The number of ether oxygens (including phenoxy) is 1. The molecule has 7 heteroatoms. The molecule has 2 rings (SSSR count). The van der Waals surface area contributed by atoms with E-state index in [1.54, 1.807) is 29.2 Å². The largest absolute Gasteiger partial charge is 0.494 e. The number of rotatable bonds is 10. The van der Waals surface area contributed by atoms with Gasteiger partial charge in [-0.3, -0.25) is 4.79 Å². The van der Waals surface area contributed by atoms with Crippen molar-refractivity contribution < 1.29 is 17.9 Å². The third kappa shape index (κ3) is 5.49. The molecule has 6 nitrogen and oxygen atoms in total. The molecule has 0 aliphatic carbocycles. The van der Waals surface area contributed by atoms with Crippen LogP contribution in [0.4, 0.5) is 0 Å². The number of hydrogen-bond donors (Lipinski definition) is 1. The van der Waals surface area contributed by atoms with E-state index in [1.165, 1.54) is 0 Å². The van der Waals surface area contributed by atoms with Crippen LogP contribution in [-0.4, -0.2) is 45.5 Å².